The van der Waals surface area contributed by atoms with Crippen LogP contribution in [0.5, 0.6) is 0 Å². The van der Waals surface area contributed by atoms with Crippen LogP contribution in [0.1, 0.15) is 23.8 Å². The molecule has 4 rings (SSSR count). The van der Waals surface area contributed by atoms with E-state index in [0.717, 1.165) is 11.3 Å². The summed E-state index contributed by atoms with van der Waals surface area (Å²) in [5.41, 5.74) is 3.21. The Morgan fingerprint density at radius 2 is 1.86 bits per heavy atom. The summed E-state index contributed by atoms with van der Waals surface area (Å²) >= 11 is 5.94. The van der Waals surface area contributed by atoms with E-state index in [1.54, 1.807) is 0 Å². The van der Waals surface area contributed by atoms with Gasteiger partial charge in [0.1, 0.15) is 11.2 Å². The summed E-state index contributed by atoms with van der Waals surface area (Å²) in [6.45, 7) is 2.55. The number of ether oxygens (including phenoxy) is 1. The Hall–Kier alpha value is -2.63. The second kappa shape index (κ2) is 7.78. The lowest BCUT2D eigenvalue weighted by molar-refractivity contribution is -0.151. The van der Waals surface area contributed by atoms with Crippen molar-refractivity contribution in [3.63, 3.8) is 0 Å². The molecule has 6 heteroatoms. The molecule has 1 heterocycles. The molecule has 1 aliphatic carbocycles. The van der Waals surface area contributed by atoms with Crippen LogP contribution in [0, 0.1) is 0 Å². The van der Waals surface area contributed by atoms with Gasteiger partial charge in [-0.15, -0.1) is 0 Å². The Morgan fingerprint density at radius 3 is 2.50 bits per heavy atom. The molecule has 1 aromatic heterocycles. The Kier molecular flexibility index (Phi) is 5.20. The zero-order valence-electron chi connectivity index (χ0n) is 15.6. The minimum atomic E-state index is -0.785. The van der Waals surface area contributed by atoms with Gasteiger partial charge >= 0.3 is 5.97 Å². The average molecular weight is 397 g/mol. The number of nitrogens with zero attached hydrogens (tertiary/aromatic N) is 1. The normalized spacial score (nSPS) is 14.6. The third kappa shape index (κ3) is 3.68. The van der Waals surface area contributed by atoms with Gasteiger partial charge in [-0.05, 0) is 30.2 Å². The van der Waals surface area contributed by atoms with Gasteiger partial charge in [0.05, 0.1) is 13.2 Å². The third-order valence-electron chi connectivity index (χ3n) is 5.07. The van der Waals surface area contributed by atoms with Gasteiger partial charge in [-0.25, -0.2) is 0 Å². The van der Waals surface area contributed by atoms with Crippen molar-refractivity contribution in [3.8, 4) is 11.3 Å². The summed E-state index contributed by atoms with van der Waals surface area (Å²) < 4.78 is 10.8. The van der Waals surface area contributed by atoms with E-state index in [9.17, 15) is 4.79 Å². The smallest absolute Gasteiger partial charge is 0.327 e. The molecule has 5 nitrogen and oxygen atoms in total. The van der Waals surface area contributed by atoms with E-state index in [0.29, 0.717) is 36.8 Å². The SMILES string of the molecule is CCOC(=O)C1(NCc2cc(-c3ccc(Cl)cc3)no2)Cc2ccccc2C1. The lowest BCUT2D eigenvalue weighted by atomic mass is 9.95. The first-order valence-corrected chi connectivity index (χ1v) is 9.68. The molecule has 144 valence electrons. The maximum atomic E-state index is 12.8. The number of hydrogen-bond donors (Lipinski definition) is 1. The molecule has 3 aromatic rings. The van der Waals surface area contributed by atoms with E-state index >= 15 is 0 Å². The number of fused-ring (bicyclic) bond motifs is 1. The van der Waals surface area contributed by atoms with Crippen LogP contribution in [0.25, 0.3) is 11.3 Å². The van der Waals surface area contributed by atoms with E-state index in [4.69, 9.17) is 20.9 Å². The van der Waals surface area contributed by atoms with Crippen LogP contribution >= 0.6 is 11.6 Å². The predicted octanol–water partition coefficient (Wildman–Crippen LogP) is 4.19. The highest BCUT2D eigenvalue weighted by atomic mass is 35.5. The maximum Gasteiger partial charge on any atom is 0.327 e. The van der Waals surface area contributed by atoms with Crippen molar-refractivity contribution < 1.29 is 14.1 Å². The van der Waals surface area contributed by atoms with Crippen LogP contribution < -0.4 is 5.32 Å². The van der Waals surface area contributed by atoms with Gasteiger partial charge in [0.15, 0.2) is 5.76 Å². The highest BCUT2D eigenvalue weighted by Crippen LogP contribution is 2.32. The van der Waals surface area contributed by atoms with Gasteiger partial charge in [0.25, 0.3) is 0 Å². The maximum absolute atomic E-state index is 12.8. The van der Waals surface area contributed by atoms with Crippen LogP contribution in [0.4, 0.5) is 0 Å². The van der Waals surface area contributed by atoms with Crippen molar-refractivity contribution in [2.24, 2.45) is 0 Å². The number of nitrogens with one attached hydrogen (secondary N) is 1. The largest absolute Gasteiger partial charge is 0.465 e. The highest BCUT2D eigenvalue weighted by molar-refractivity contribution is 6.30. The molecular weight excluding hydrogens is 376 g/mol. The predicted molar refractivity (Wildman–Crippen MR) is 107 cm³/mol. The first kappa shape index (κ1) is 18.7. The number of carbonyl (C=O) groups excluding carboxylic acids is 1. The molecule has 0 spiro atoms. The van der Waals surface area contributed by atoms with Crippen LogP contribution in [-0.2, 0) is 28.9 Å². The molecule has 0 saturated carbocycles. The second-order valence-electron chi connectivity index (χ2n) is 6.96. The Morgan fingerprint density at radius 1 is 1.18 bits per heavy atom. The number of benzene rings is 2. The van der Waals surface area contributed by atoms with Crippen LogP contribution in [0.2, 0.25) is 5.02 Å². The molecular formula is C22H21ClN2O3. The first-order chi connectivity index (χ1) is 13.6. The number of esters is 1. The first-order valence-electron chi connectivity index (χ1n) is 9.30. The summed E-state index contributed by atoms with van der Waals surface area (Å²) in [7, 11) is 0. The van der Waals surface area contributed by atoms with Crippen molar-refractivity contribution in [1.29, 1.82) is 0 Å². The zero-order chi connectivity index (χ0) is 19.6. The van der Waals surface area contributed by atoms with Gasteiger partial charge < -0.3 is 9.26 Å². The fraction of sp³-hybridized carbons (Fsp3) is 0.273. The van der Waals surface area contributed by atoms with Crippen LogP contribution in [-0.4, -0.2) is 23.3 Å². The second-order valence-corrected chi connectivity index (χ2v) is 7.40. The molecule has 0 amide bonds. The molecule has 0 bridgehead atoms. The van der Waals surface area contributed by atoms with Crippen molar-refractivity contribution in [2.45, 2.75) is 31.8 Å². The van der Waals surface area contributed by atoms with Gasteiger partial charge in [0.2, 0.25) is 0 Å². The molecule has 0 radical (unpaired) electrons. The quantitative estimate of drug-likeness (QED) is 0.633. The standard InChI is InChI=1S/C22H21ClN2O3/c1-2-27-21(26)22(12-16-5-3-4-6-17(16)13-22)24-14-19-11-20(25-28-19)15-7-9-18(23)10-8-15/h3-11,24H,2,12-14H2,1H3. The summed E-state index contributed by atoms with van der Waals surface area (Å²) in [4.78, 5) is 12.8. The summed E-state index contributed by atoms with van der Waals surface area (Å²) in [6.07, 6.45) is 1.19. The van der Waals surface area contributed by atoms with Crippen molar-refractivity contribution in [2.75, 3.05) is 6.61 Å². The lowest BCUT2D eigenvalue weighted by Crippen LogP contribution is -2.53. The molecule has 0 atom stereocenters. The summed E-state index contributed by atoms with van der Waals surface area (Å²) in [5, 5.41) is 8.19. The van der Waals surface area contributed by atoms with Crippen LogP contribution in [0.3, 0.4) is 0 Å². The number of rotatable bonds is 6. The minimum Gasteiger partial charge on any atom is -0.465 e. The molecule has 1 aliphatic rings. The number of hydrogen-bond acceptors (Lipinski definition) is 5. The summed E-state index contributed by atoms with van der Waals surface area (Å²) in [6, 6.07) is 17.4. The monoisotopic (exact) mass is 396 g/mol. The minimum absolute atomic E-state index is 0.233. The fourth-order valence-electron chi connectivity index (χ4n) is 3.64. The van der Waals surface area contributed by atoms with Crippen LogP contribution in [0.15, 0.2) is 59.1 Å². The number of aromatic nitrogens is 1. The highest BCUT2D eigenvalue weighted by Gasteiger charge is 2.44. The van der Waals surface area contributed by atoms with E-state index in [-0.39, 0.29) is 5.97 Å². The Bertz CT molecular complexity index is 956. The van der Waals surface area contributed by atoms with Crippen molar-refractivity contribution >= 4 is 17.6 Å². The fourth-order valence-corrected chi connectivity index (χ4v) is 3.76. The van der Waals surface area contributed by atoms with E-state index in [1.165, 1.54) is 11.1 Å². The van der Waals surface area contributed by atoms with Crippen molar-refractivity contribution in [1.82, 2.24) is 10.5 Å². The van der Waals surface area contributed by atoms with Gasteiger partial charge in [0, 0.05) is 29.5 Å². The van der Waals surface area contributed by atoms with E-state index < -0.39 is 5.54 Å². The van der Waals surface area contributed by atoms with E-state index in [2.05, 4.69) is 22.6 Å². The molecule has 1 N–H and O–H groups in total. The number of carbonyl (C=O) groups is 1. The molecule has 28 heavy (non-hydrogen) atoms. The van der Waals surface area contributed by atoms with Gasteiger partial charge in [-0.1, -0.05) is 53.2 Å². The molecule has 0 saturated heterocycles. The van der Waals surface area contributed by atoms with E-state index in [1.807, 2.05) is 49.4 Å². The van der Waals surface area contributed by atoms with Gasteiger partial charge in [-0.2, -0.15) is 0 Å². The third-order valence-corrected chi connectivity index (χ3v) is 5.32. The lowest BCUT2D eigenvalue weighted by Gasteiger charge is -2.27. The molecule has 2 aromatic carbocycles. The Balaban J connectivity index is 1.51. The summed E-state index contributed by atoms with van der Waals surface area (Å²) in [5.74, 6) is 0.424. The van der Waals surface area contributed by atoms with Crippen molar-refractivity contribution in [3.05, 3.63) is 76.5 Å². The number of halogens is 1. The zero-order valence-corrected chi connectivity index (χ0v) is 16.3. The Labute approximate surface area is 168 Å². The van der Waals surface area contributed by atoms with Gasteiger partial charge in [-0.3, -0.25) is 10.1 Å². The molecule has 0 fully saturated rings. The average Bonchev–Trinajstić information content (AvgIpc) is 3.32. The molecule has 0 aliphatic heterocycles. The topological polar surface area (TPSA) is 64.4 Å². The molecule has 0 unspecified atom stereocenters.